The minimum absolute atomic E-state index is 0.0580. The van der Waals surface area contributed by atoms with Crippen molar-refractivity contribution in [2.75, 3.05) is 5.75 Å². The molecule has 2 aromatic rings. The second-order valence-corrected chi connectivity index (χ2v) is 6.77. The quantitative estimate of drug-likeness (QED) is 0.656. The molecule has 0 aliphatic carbocycles. The third-order valence-corrected chi connectivity index (χ3v) is 5.05. The van der Waals surface area contributed by atoms with E-state index in [-0.39, 0.29) is 11.4 Å². The molecule has 25 heavy (non-hydrogen) atoms. The summed E-state index contributed by atoms with van der Waals surface area (Å²) >= 11 is 1.39. The van der Waals surface area contributed by atoms with Crippen molar-refractivity contribution in [1.82, 2.24) is 9.13 Å². The van der Waals surface area contributed by atoms with Crippen LogP contribution in [0.4, 0.5) is 5.69 Å². The Labute approximate surface area is 150 Å². The summed E-state index contributed by atoms with van der Waals surface area (Å²) < 4.78 is 2.04. The Hall–Kier alpha value is -2.28. The van der Waals surface area contributed by atoms with E-state index in [0.717, 1.165) is 27.7 Å². The predicted octanol–water partition coefficient (Wildman–Crippen LogP) is 2.57. The molecular weight excluding hydrogens is 338 g/mol. The Kier molecular flexibility index (Phi) is 6.25. The summed E-state index contributed by atoms with van der Waals surface area (Å²) in [6.45, 7) is 4.10. The fraction of sp³-hybridized carbons (Fsp3) is 0.389. The molecule has 0 fully saturated rings. The van der Waals surface area contributed by atoms with Gasteiger partial charge in [0, 0.05) is 14.1 Å². The molecule has 0 amide bonds. The molecule has 1 aromatic heterocycles. The van der Waals surface area contributed by atoms with Gasteiger partial charge in [-0.3, -0.25) is 13.9 Å². The van der Waals surface area contributed by atoms with Crippen molar-refractivity contribution in [1.29, 1.82) is 0 Å². The molecule has 7 heteroatoms. The summed E-state index contributed by atoms with van der Waals surface area (Å²) in [6.07, 6.45) is 1.83. The highest BCUT2D eigenvalue weighted by Crippen LogP contribution is 2.23. The van der Waals surface area contributed by atoms with Crippen LogP contribution in [0.2, 0.25) is 0 Å². The standard InChI is InChI=1S/C18H23N3O3S/c1-5-11-25-15(19-13-9-7-12(6-2)8-10-13)14-16(22)20(3)18(24)21(4)17(14)23/h7-10,22H,5-6,11H2,1-4H3. The second-order valence-electron chi connectivity index (χ2n) is 5.69. The van der Waals surface area contributed by atoms with Crippen LogP contribution in [-0.2, 0) is 20.5 Å². The van der Waals surface area contributed by atoms with Crippen LogP contribution in [0, 0.1) is 0 Å². The zero-order valence-electron chi connectivity index (χ0n) is 14.9. The van der Waals surface area contributed by atoms with Gasteiger partial charge >= 0.3 is 5.69 Å². The molecule has 1 aromatic carbocycles. The molecule has 2 rings (SSSR count). The van der Waals surface area contributed by atoms with E-state index in [1.165, 1.54) is 31.4 Å². The topological polar surface area (TPSA) is 76.6 Å². The number of hydrogen-bond donors (Lipinski definition) is 1. The van der Waals surface area contributed by atoms with E-state index in [0.29, 0.717) is 10.7 Å². The summed E-state index contributed by atoms with van der Waals surface area (Å²) in [7, 11) is 2.82. The van der Waals surface area contributed by atoms with Gasteiger partial charge in [-0.05, 0) is 36.3 Å². The molecule has 1 heterocycles. The van der Waals surface area contributed by atoms with Gasteiger partial charge in [-0.25, -0.2) is 9.79 Å². The summed E-state index contributed by atoms with van der Waals surface area (Å²) in [5.41, 5.74) is 0.836. The van der Waals surface area contributed by atoms with Gasteiger partial charge in [-0.15, -0.1) is 11.8 Å². The van der Waals surface area contributed by atoms with Crippen LogP contribution in [0.1, 0.15) is 31.4 Å². The number of nitrogens with zero attached hydrogens (tertiary/aromatic N) is 3. The van der Waals surface area contributed by atoms with E-state index in [1.54, 1.807) is 0 Å². The van der Waals surface area contributed by atoms with E-state index in [9.17, 15) is 14.7 Å². The highest BCUT2D eigenvalue weighted by Gasteiger charge is 2.20. The molecule has 6 nitrogen and oxygen atoms in total. The second kappa shape index (κ2) is 8.20. The Bertz CT molecular complexity index is 896. The molecule has 0 saturated heterocycles. The van der Waals surface area contributed by atoms with Crippen LogP contribution in [0.15, 0.2) is 38.8 Å². The first-order valence-electron chi connectivity index (χ1n) is 8.20. The molecule has 134 valence electrons. The van der Waals surface area contributed by atoms with Crippen LogP contribution in [0.3, 0.4) is 0 Å². The van der Waals surface area contributed by atoms with Gasteiger partial charge in [0.05, 0.1) is 5.69 Å². The normalized spacial score (nSPS) is 11.8. The minimum atomic E-state index is -0.571. The third kappa shape index (κ3) is 4.04. The van der Waals surface area contributed by atoms with Gasteiger partial charge in [0.25, 0.3) is 5.56 Å². The Morgan fingerprint density at radius 1 is 1.12 bits per heavy atom. The first-order valence-corrected chi connectivity index (χ1v) is 9.19. The highest BCUT2D eigenvalue weighted by atomic mass is 32.2. The number of aryl methyl sites for hydroxylation is 1. The molecule has 0 aliphatic heterocycles. The number of rotatable bonds is 5. The van der Waals surface area contributed by atoms with Crippen LogP contribution in [0.25, 0.3) is 0 Å². The molecule has 0 radical (unpaired) electrons. The SMILES string of the molecule is CCCSC(=Nc1ccc(CC)cc1)c1c(O)n(C)c(=O)n(C)c1=O. The molecule has 0 bridgehead atoms. The Balaban J connectivity index is 2.64. The van der Waals surface area contributed by atoms with Crippen LogP contribution < -0.4 is 11.2 Å². The highest BCUT2D eigenvalue weighted by molar-refractivity contribution is 8.14. The van der Waals surface area contributed by atoms with Crippen LogP contribution >= 0.6 is 11.8 Å². The molecule has 0 aliphatic rings. The first-order chi connectivity index (χ1) is 11.9. The monoisotopic (exact) mass is 361 g/mol. The van der Waals surface area contributed by atoms with E-state index < -0.39 is 11.2 Å². The fourth-order valence-electron chi connectivity index (χ4n) is 2.30. The van der Waals surface area contributed by atoms with E-state index in [4.69, 9.17) is 0 Å². The Morgan fingerprint density at radius 2 is 1.76 bits per heavy atom. The van der Waals surface area contributed by atoms with Crippen molar-refractivity contribution in [2.24, 2.45) is 19.1 Å². The van der Waals surface area contributed by atoms with Crippen molar-refractivity contribution in [3.05, 3.63) is 56.2 Å². The zero-order valence-corrected chi connectivity index (χ0v) is 15.8. The zero-order chi connectivity index (χ0) is 18.6. The maximum Gasteiger partial charge on any atom is 0.333 e. The van der Waals surface area contributed by atoms with Gasteiger partial charge < -0.3 is 5.11 Å². The van der Waals surface area contributed by atoms with Crippen molar-refractivity contribution < 1.29 is 5.11 Å². The van der Waals surface area contributed by atoms with Crippen LogP contribution in [-0.4, -0.2) is 25.0 Å². The molecule has 1 N–H and O–H groups in total. The lowest BCUT2D eigenvalue weighted by Crippen LogP contribution is -2.39. The van der Waals surface area contributed by atoms with E-state index in [1.807, 2.05) is 31.2 Å². The third-order valence-electron chi connectivity index (χ3n) is 3.87. The van der Waals surface area contributed by atoms with Gasteiger partial charge in [-0.1, -0.05) is 26.0 Å². The number of benzene rings is 1. The number of thioether (sulfide) groups is 1. The van der Waals surface area contributed by atoms with Crippen molar-refractivity contribution in [2.45, 2.75) is 26.7 Å². The molecule has 0 saturated carbocycles. The maximum absolute atomic E-state index is 12.6. The van der Waals surface area contributed by atoms with Crippen molar-refractivity contribution in [3.63, 3.8) is 0 Å². The van der Waals surface area contributed by atoms with Gasteiger partial charge in [0.2, 0.25) is 5.88 Å². The summed E-state index contributed by atoms with van der Waals surface area (Å²) in [4.78, 5) is 29.1. The van der Waals surface area contributed by atoms with Gasteiger partial charge in [0.1, 0.15) is 10.6 Å². The molecule has 0 atom stereocenters. The van der Waals surface area contributed by atoms with Gasteiger partial charge in [0.15, 0.2) is 0 Å². The fourth-order valence-corrected chi connectivity index (χ4v) is 3.19. The average Bonchev–Trinajstić information content (AvgIpc) is 2.63. The van der Waals surface area contributed by atoms with E-state index in [2.05, 4.69) is 11.9 Å². The maximum atomic E-state index is 12.6. The first kappa shape index (κ1) is 19.1. The lowest BCUT2D eigenvalue weighted by Gasteiger charge is -2.12. The van der Waals surface area contributed by atoms with Crippen molar-refractivity contribution in [3.8, 4) is 5.88 Å². The van der Waals surface area contributed by atoms with Gasteiger partial charge in [-0.2, -0.15) is 0 Å². The largest absolute Gasteiger partial charge is 0.494 e. The molecule has 0 unspecified atom stereocenters. The van der Waals surface area contributed by atoms with Crippen LogP contribution in [0.5, 0.6) is 5.88 Å². The number of aromatic hydroxyl groups is 1. The van der Waals surface area contributed by atoms with Crippen molar-refractivity contribution >= 4 is 22.5 Å². The molecule has 0 spiro atoms. The average molecular weight is 361 g/mol. The van der Waals surface area contributed by atoms with E-state index >= 15 is 0 Å². The minimum Gasteiger partial charge on any atom is -0.494 e. The molecular formula is C18H23N3O3S. The number of aromatic nitrogens is 2. The predicted molar refractivity (Wildman–Crippen MR) is 103 cm³/mol. The smallest absolute Gasteiger partial charge is 0.333 e. The number of hydrogen-bond acceptors (Lipinski definition) is 5. The number of aliphatic imine (C=N–C) groups is 1. The summed E-state index contributed by atoms with van der Waals surface area (Å²) in [5, 5.41) is 10.8. The lowest BCUT2D eigenvalue weighted by molar-refractivity contribution is 0.410. The Morgan fingerprint density at radius 3 is 2.32 bits per heavy atom. The summed E-state index contributed by atoms with van der Waals surface area (Å²) in [5.74, 6) is 0.387. The summed E-state index contributed by atoms with van der Waals surface area (Å²) in [6, 6.07) is 7.74. The lowest BCUT2D eigenvalue weighted by atomic mass is 10.1.